The van der Waals surface area contributed by atoms with Crippen LogP contribution in [0.5, 0.6) is 0 Å². The highest BCUT2D eigenvalue weighted by Crippen LogP contribution is 2.42. The molecule has 1 unspecified atom stereocenters. The summed E-state index contributed by atoms with van der Waals surface area (Å²) < 4.78 is 75.8. The Balaban J connectivity index is 1.37. The second-order valence-electron chi connectivity index (χ2n) is 11.3. The number of benzene rings is 3. The van der Waals surface area contributed by atoms with E-state index in [-0.39, 0.29) is 17.4 Å². The number of nitrogens with zero attached hydrogens (tertiary/aromatic N) is 4. The highest BCUT2D eigenvalue weighted by molar-refractivity contribution is 7.87. The molecule has 52 heavy (non-hydrogen) atoms. The van der Waals surface area contributed by atoms with Gasteiger partial charge in [0.15, 0.2) is 16.6 Å². The summed E-state index contributed by atoms with van der Waals surface area (Å²) in [5, 5.41) is 6.82. The van der Waals surface area contributed by atoms with Gasteiger partial charge in [-0.2, -0.15) is 30.9 Å². The molecule has 1 fully saturated rings. The maximum Gasteiger partial charge on any atom is 0.534 e. The van der Waals surface area contributed by atoms with Gasteiger partial charge in [0.1, 0.15) is 6.04 Å². The van der Waals surface area contributed by atoms with Crippen LogP contribution in [0, 0.1) is 0 Å². The van der Waals surface area contributed by atoms with Crippen molar-refractivity contribution in [3.8, 4) is 0 Å². The van der Waals surface area contributed by atoms with Gasteiger partial charge in [-0.15, -0.1) is 0 Å². The number of hydrogen-bond donors (Lipinski definition) is 2. The predicted octanol–water partition coefficient (Wildman–Crippen LogP) is 3.57. The molecule has 1 saturated heterocycles. The molecule has 0 bridgehead atoms. The number of carbonyl (C=O) groups is 3. The van der Waals surface area contributed by atoms with Crippen molar-refractivity contribution in [2.24, 2.45) is 5.16 Å². The van der Waals surface area contributed by atoms with Gasteiger partial charge in [0, 0.05) is 34.6 Å². The number of aromatic nitrogens is 2. The number of carbonyl (C=O) groups excluding carboxylic acids is 3. The molecule has 2 aliphatic heterocycles. The summed E-state index contributed by atoms with van der Waals surface area (Å²) in [5.74, 6) is -4.47. The number of hydrogen-bond acceptors (Lipinski definition) is 13. The molecule has 3 aromatic carbocycles. The molecule has 2 atom stereocenters. The van der Waals surface area contributed by atoms with Gasteiger partial charge in [0.2, 0.25) is 17.1 Å². The summed E-state index contributed by atoms with van der Waals surface area (Å²) in [6, 6.07) is 24.9. The molecule has 2 amide bonds. The molecule has 6 rings (SSSR count). The second kappa shape index (κ2) is 14.1. The minimum Gasteiger partial charge on any atom is -0.464 e. The minimum atomic E-state index is -6.18. The summed E-state index contributed by atoms with van der Waals surface area (Å²) >= 11 is 0.767. The molecule has 0 aliphatic carbocycles. The van der Waals surface area contributed by atoms with Crippen LogP contribution in [0.25, 0.3) is 0 Å². The third kappa shape index (κ3) is 6.55. The predicted molar refractivity (Wildman–Crippen MR) is 178 cm³/mol. The van der Waals surface area contributed by atoms with Crippen molar-refractivity contribution in [3.63, 3.8) is 0 Å². The van der Waals surface area contributed by atoms with E-state index in [1.54, 1.807) is 0 Å². The zero-order valence-corrected chi connectivity index (χ0v) is 28.4. The SMILES string of the molecule is COC(=O)C1=C(OS(=O)(=O)C(F)(F)F)CCC2[C@H](NC(=O)/C(=N\OC(c3ccccc3)(c3ccccc3)c3ccccc3)c3nsc(N)n3)C(=O)N12. The lowest BCUT2D eigenvalue weighted by Gasteiger charge is -2.49. The van der Waals surface area contributed by atoms with E-state index in [4.69, 9.17) is 10.6 Å². The van der Waals surface area contributed by atoms with Crippen LogP contribution in [0.2, 0.25) is 0 Å². The van der Waals surface area contributed by atoms with Crippen LogP contribution in [-0.4, -0.2) is 70.9 Å². The van der Waals surface area contributed by atoms with Crippen LogP contribution >= 0.6 is 11.5 Å². The monoisotopic (exact) mass is 756 g/mol. The van der Waals surface area contributed by atoms with Crippen molar-refractivity contribution in [2.75, 3.05) is 12.8 Å². The van der Waals surface area contributed by atoms with Gasteiger partial charge in [-0.05, 0) is 6.42 Å². The second-order valence-corrected chi connectivity index (χ2v) is 13.6. The molecule has 1 aromatic heterocycles. The number of halogens is 3. The van der Waals surface area contributed by atoms with E-state index in [1.807, 2.05) is 91.0 Å². The lowest BCUT2D eigenvalue weighted by atomic mass is 9.80. The van der Waals surface area contributed by atoms with Crippen LogP contribution in [0.3, 0.4) is 0 Å². The van der Waals surface area contributed by atoms with Crippen LogP contribution < -0.4 is 11.1 Å². The standard InChI is InChI=1S/C33H27F3N6O8S2/c1-48-30(45)26-23(49-52(46,47)33(34,35)36)18-17-22-24(29(44)42(22)26)38-28(43)25(27-39-31(37)51-41-27)40-50-32(19-11-5-2-6-12-19,20-13-7-3-8-14-20)21-15-9-4-10-16-21/h2-16,22,24H,17-18H2,1H3,(H,38,43)(H2,37,39,41)/b40-25-/t22?,24-/m0/s1. The third-order valence-electron chi connectivity index (χ3n) is 8.23. The average Bonchev–Trinajstić information content (AvgIpc) is 3.57. The van der Waals surface area contributed by atoms with E-state index in [0.29, 0.717) is 16.7 Å². The molecular formula is C33H27F3N6O8S2. The number of alkyl halides is 3. The van der Waals surface area contributed by atoms with E-state index in [1.165, 1.54) is 0 Å². The summed E-state index contributed by atoms with van der Waals surface area (Å²) in [4.78, 5) is 51.3. The summed E-state index contributed by atoms with van der Waals surface area (Å²) in [5.41, 5.74) is -0.800. The normalized spacial score (nSPS) is 17.9. The van der Waals surface area contributed by atoms with Gasteiger partial charge >= 0.3 is 21.6 Å². The lowest BCUT2D eigenvalue weighted by Crippen LogP contribution is -2.72. The minimum absolute atomic E-state index is 0.0108. The number of ether oxygens (including phenoxy) is 1. The number of allylic oxidation sites excluding steroid dienone is 1. The Labute approximate surface area is 298 Å². The van der Waals surface area contributed by atoms with Crippen molar-refractivity contribution >= 4 is 50.3 Å². The molecule has 4 aromatic rings. The Kier molecular flexibility index (Phi) is 9.73. The number of fused-ring (bicyclic) bond motifs is 1. The maximum absolute atomic E-state index is 14.0. The molecule has 0 spiro atoms. The number of rotatable bonds is 11. The zero-order chi connectivity index (χ0) is 37.3. The number of nitrogens with two attached hydrogens (primary N) is 1. The number of anilines is 1. The van der Waals surface area contributed by atoms with E-state index in [0.717, 1.165) is 23.5 Å². The van der Waals surface area contributed by atoms with Crippen molar-refractivity contribution in [2.45, 2.75) is 36.0 Å². The Morgan fingerprint density at radius 2 is 1.50 bits per heavy atom. The van der Waals surface area contributed by atoms with Gasteiger partial charge in [0.25, 0.3) is 11.8 Å². The van der Waals surface area contributed by atoms with Crippen LogP contribution in [0.4, 0.5) is 18.3 Å². The Morgan fingerprint density at radius 1 is 0.962 bits per heavy atom. The van der Waals surface area contributed by atoms with Crippen molar-refractivity contribution < 1.29 is 49.7 Å². The number of oxime groups is 1. The Morgan fingerprint density at radius 3 is 1.96 bits per heavy atom. The van der Waals surface area contributed by atoms with E-state index in [2.05, 4.69) is 28.7 Å². The first kappa shape index (κ1) is 36.0. The van der Waals surface area contributed by atoms with Crippen molar-refractivity contribution in [1.29, 1.82) is 0 Å². The molecule has 19 heteroatoms. The fourth-order valence-electron chi connectivity index (χ4n) is 5.89. The molecule has 0 saturated carbocycles. The summed E-state index contributed by atoms with van der Waals surface area (Å²) in [7, 11) is -5.30. The fourth-order valence-corrected chi connectivity index (χ4v) is 6.85. The largest absolute Gasteiger partial charge is 0.534 e. The van der Waals surface area contributed by atoms with Gasteiger partial charge in [-0.25, -0.2) is 4.79 Å². The number of β-lactam (4-membered cyclic amide) rings is 1. The number of esters is 1. The Hall–Kier alpha value is -5.82. The third-order valence-corrected chi connectivity index (χ3v) is 9.76. The fraction of sp³-hybridized carbons (Fsp3) is 0.212. The summed E-state index contributed by atoms with van der Waals surface area (Å²) in [6.07, 6.45) is -0.730. The smallest absolute Gasteiger partial charge is 0.464 e. The molecule has 0 radical (unpaired) electrons. The average molecular weight is 757 g/mol. The first-order chi connectivity index (χ1) is 24.8. The number of nitrogens with one attached hydrogen (secondary N) is 1. The molecule has 3 heterocycles. The molecule has 270 valence electrons. The molecular weight excluding hydrogens is 730 g/mol. The van der Waals surface area contributed by atoms with Gasteiger partial charge < -0.3 is 24.8 Å². The van der Waals surface area contributed by atoms with Crippen LogP contribution in [0.15, 0.2) is 108 Å². The highest BCUT2D eigenvalue weighted by atomic mass is 32.2. The van der Waals surface area contributed by atoms with Crippen LogP contribution in [0.1, 0.15) is 35.4 Å². The molecule has 14 nitrogen and oxygen atoms in total. The maximum atomic E-state index is 14.0. The van der Waals surface area contributed by atoms with Gasteiger partial charge in [-0.3, -0.25) is 14.5 Å². The van der Waals surface area contributed by atoms with Crippen molar-refractivity contribution in [3.05, 3.63) is 125 Å². The molecule has 2 aliphatic rings. The number of amides is 2. The molecule has 3 N–H and O–H groups in total. The van der Waals surface area contributed by atoms with Gasteiger partial charge in [0.05, 0.1) is 13.2 Å². The Bertz CT molecular complexity index is 2070. The van der Waals surface area contributed by atoms with E-state index < -0.39 is 74.7 Å². The highest BCUT2D eigenvalue weighted by Gasteiger charge is 2.56. The number of nitrogen functional groups attached to an aromatic ring is 1. The zero-order valence-electron chi connectivity index (χ0n) is 26.8. The lowest BCUT2D eigenvalue weighted by molar-refractivity contribution is -0.157. The quantitative estimate of drug-likeness (QED) is 0.0433. The van der Waals surface area contributed by atoms with Crippen LogP contribution in [-0.2, 0) is 43.9 Å². The summed E-state index contributed by atoms with van der Waals surface area (Å²) in [6.45, 7) is 0. The van der Waals surface area contributed by atoms with Crippen molar-refractivity contribution in [1.82, 2.24) is 19.6 Å². The van der Waals surface area contributed by atoms with Gasteiger partial charge in [-0.1, -0.05) is 96.2 Å². The first-order valence-electron chi connectivity index (χ1n) is 15.3. The topological polar surface area (TPSA) is 192 Å². The number of methoxy groups -OCH3 is 1. The first-order valence-corrected chi connectivity index (χ1v) is 17.4. The van der Waals surface area contributed by atoms with E-state index in [9.17, 15) is 36.0 Å². The van der Waals surface area contributed by atoms with E-state index >= 15 is 0 Å².